The van der Waals surface area contributed by atoms with E-state index in [9.17, 15) is 22.8 Å². The molecule has 0 bridgehead atoms. The smallest absolute Gasteiger partial charge is 0.254 e. The summed E-state index contributed by atoms with van der Waals surface area (Å²) in [5.74, 6) is -3.86. The van der Waals surface area contributed by atoms with Crippen LogP contribution in [0.1, 0.15) is 23.2 Å². The van der Waals surface area contributed by atoms with E-state index < -0.39 is 23.4 Å². The quantitative estimate of drug-likeness (QED) is 0.745. The molecule has 3 aliphatic heterocycles. The average Bonchev–Trinajstić information content (AvgIpc) is 3.22. The number of aromatic nitrogens is 2. The molecule has 1 aromatic heterocycles. The Labute approximate surface area is 175 Å². The second-order valence-electron chi connectivity index (χ2n) is 7.96. The summed E-state index contributed by atoms with van der Waals surface area (Å²) in [4.78, 5) is 38.7. The number of benzene rings is 1. The predicted molar refractivity (Wildman–Crippen MR) is 105 cm³/mol. The third-order valence-electron chi connectivity index (χ3n) is 5.98. The lowest BCUT2D eigenvalue weighted by Gasteiger charge is -2.40. The van der Waals surface area contributed by atoms with Gasteiger partial charge in [-0.25, -0.2) is 18.2 Å². The van der Waals surface area contributed by atoms with E-state index in [1.165, 1.54) is 4.90 Å². The van der Waals surface area contributed by atoms with Gasteiger partial charge in [0.1, 0.15) is 11.7 Å². The van der Waals surface area contributed by atoms with Gasteiger partial charge in [0.2, 0.25) is 11.9 Å². The van der Waals surface area contributed by atoms with Crippen LogP contribution >= 0.6 is 0 Å². The highest BCUT2D eigenvalue weighted by atomic mass is 19.2. The summed E-state index contributed by atoms with van der Waals surface area (Å²) in [7, 11) is 1.71. The van der Waals surface area contributed by atoms with E-state index in [1.807, 2.05) is 4.90 Å². The Bertz CT molecular complexity index is 1070. The van der Waals surface area contributed by atoms with Crippen molar-refractivity contribution in [2.45, 2.75) is 24.9 Å². The molecule has 2 fully saturated rings. The minimum Gasteiger partial charge on any atom is -0.348 e. The number of carbonyl (C=O) groups excluding carboxylic acids is 2. The van der Waals surface area contributed by atoms with Crippen molar-refractivity contribution in [2.24, 2.45) is 0 Å². The van der Waals surface area contributed by atoms with Gasteiger partial charge in [-0.3, -0.25) is 9.59 Å². The molecule has 1 aromatic carbocycles. The molecule has 162 valence electrons. The largest absolute Gasteiger partial charge is 0.348 e. The number of carbonyl (C=O) groups is 2. The third-order valence-corrected chi connectivity index (χ3v) is 5.98. The standard InChI is InChI=1S/C20H19F3N6O2/c1-27-15-7-24-20(26-17(15)29-4-2-3-14(29)19(27)31)25-11-8-28(9-11)18(30)10-5-12(21)16(23)13(22)6-10/h5-7,11,14H,2-4,8-9H2,1H3,(H,24,25,26). The third kappa shape index (κ3) is 3.15. The van der Waals surface area contributed by atoms with Gasteiger partial charge in [-0.2, -0.15) is 4.98 Å². The van der Waals surface area contributed by atoms with Gasteiger partial charge < -0.3 is 20.0 Å². The fraction of sp³-hybridized carbons (Fsp3) is 0.400. The molecule has 3 aliphatic rings. The van der Waals surface area contributed by atoms with Crippen LogP contribution in [0.15, 0.2) is 18.3 Å². The highest BCUT2D eigenvalue weighted by Gasteiger charge is 2.41. The van der Waals surface area contributed by atoms with E-state index in [1.54, 1.807) is 18.1 Å². The summed E-state index contributed by atoms with van der Waals surface area (Å²) in [6.07, 6.45) is 3.31. The predicted octanol–water partition coefficient (Wildman–Crippen LogP) is 1.78. The highest BCUT2D eigenvalue weighted by Crippen LogP contribution is 2.38. The van der Waals surface area contributed by atoms with Gasteiger partial charge in [0.05, 0.1) is 12.2 Å². The molecule has 0 saturated carbocycles. The molecule has 8 nitrogen and oxygen atoms in total. The number of amides is 2. The maximum absolute atomic E-state index is 13.4. The molecule has 1 atom stereocenters. The van der Waals surface area contributed by atoms with Crippen molar-refractivity contribution in [3.8, 4) is 0 Å². The molecular formula is C20H19F3N6O2. The fourth-order valence-electron chi connectivity index (χ4n) is 4.28. The maximum atomic E-state index is 13.4. The minimum absolute atomic E-state index is 0.0381. The molecule has 5 rings (SSSR count). The van der Waals surface area contributed by atoms with Crippen LogP contribution in [-0.2, 0) is 4.79 Å². The van der Waals surface area contributed by atoms with Gasteiger partial charge in [-0.1, -0.05) is 0 Å². The van der Waals surface area contributed by atoms with E-state index in [0.29, 0.717) is 29.6 Å². The molecule has 31 heavy (non-hydrogen) atoms. The summed E-state index contributed by atoms with van der Waals surface area (Å²) >= 11 is 0. The monoisotopic (exact) mass is 432 g/mol. The lowest BCUT2D eigenvalue weighted by molar-refractivity contribution is -0.119. The summed E-state index contributed by atoms with van der Waals surface area (Å²) in [6.45, 7) is 1.32. The van der Waals surface area contributed by atoms with Crippen molar-refractivity contribution in [1.29, 1.82) is 0 Å². The Balaban J connectivity index is 1.26. The topological polar surface area (TPSA) is 81.7 Å². The Hall–Kier alpha value is -3.37. The van der Waals surface area contributed by atoms with Crippen LogP contribution < -0.4 is 15.1 Å². The molecule has 2 aromatic rings. The molecular weight excluding hydrogens is 413 g/mol. The number of rotatable bonds is 3. The highest BCUT2D eigenvalue weighted by molar-refractivity contribution is 6.04. The first-order valence-electron chi connectivity index (χ1n) is 9.95. The number of likely N-dealkylation sites (N-methyl/N-ethyl adjacent to an activating group) is 1. The van der Waals surface area contributed by atoms with Crippen LogP contribution in [0, 0.1) is 17.5 Å². The van der Waals surface area contributed by atoms with Crippen LogP contribution in [0.5, 0.6) is 0 Å². The fourth-order valence-corrected chi connectivity index (χ4v) is 4.28. The van der Waals surface area contributed by atoms with Crippen LogP contribution in [0.4, 0.5) is 30.6 Å². The van der Waals surface area contributed by atoms with E-state index in [0.717, 1.165) is 19.4 Å². The van der Waals surface area contributed by atoms with Crippen LogP contribution in [-0.4, -0.2) is 65.4 Å². The SMILES string of the molecule is CN1C(=O)C2CCCN2c2nc(NC3CN(C(=O)c4cc(F)c(F)c(F)c4)C3)ncc21. The molecule has 1 N–H and O–H groups in total. The van der Waals surface area contributed by atoms with Crippen molar-refractivity contribution < 1.29 is 22.8 Å². The first-order chi connectivity index (χ1) is 14.8. The zero-order valence-corrected chi connectivity index (χ0v) is 16.6. The van der Waals surface area contributed by atoms with Gasteiger partial charge in [0.25, 0.3) is 5.91 Å². The van der Waals surface area contributed by atoms with Crippen LogP contribution in [0.2, 0.25) is 0 Å². The molecule has 0 radical (unpaired) electrons. The van der Waals surface area contributed by atoms with E-state index in [-0.39, 0.29) is 36.6 Å². The molecule has 11 heteroatoms. The molecule has 2 amide bonds. The summed E-state index contributed by atoms with van der Waals surface area (Å²) < 4.78 is 39.9. The first kappa shape index (κ1) is 19.6. The zero-order chi connectivity index (χ0) is 21.9. The molecule has 1 unspecified atom stereocenters. The minimum atomic E-state index is -1.60. The summed E-state index contributed by atoms with van der Waals surface area (Å²) in [5.41, 5.74) is 0.409. The van der Waals surface area contributed by atoms with Crippen molar-refractivity contribution >= 4 is 29.3 Å². The van der Waals surface area contributed by atoms with Gasteiger partial charge in [-0.15, -0.1) is 0 Å². The molecule has 0 spiro atoms. The Morgan fingerprint density at radius 2 is 1.90 bits per heavy atom. The number of hydrogen-bond acceptors (Lipinski definition) is 6. The van der Waals surface area contributed by atoms with Crippen molar-refractivity contribution in [3.05, 3.63) is 41.3 Å². The van der Waals surface area contributed by atoms with E-state index in [2.05, 4.69) is 15.3 Å². The number of halogens is 3. The Morgan fingerprint density at radius 1 is 1.19 bits per heavy atom. The van der Waals surface area contributed by atoms with Gasteiger partial charge in [0.15, 0.2) is 23.3 Å². The number of nitrogens with one attached hydrogen (secondary N) is 1. The maximum Gasteiger partial charge on any atom is 0.254 e. The first-order valence-corrected chi connectivity index (χ1v) is 9.95. The molecule has 2 saturated heterocycles. The number of likely N-dealkylation sites (tertiary alicyclic amines) is 1. The van der Waals surface area contributed by atoms with E-state index >= 15 is 0 Å². The molecule has 4 heterocycles. The number of hydrogen-bond donors (Lipinski definition) is 1. The summed E-state index contributed by atoms with van der Waals surface area (Å²) in [5, 5.41) is 3.15. The van der Waals surface area contributed by atoms with Crippen LogP contribution in [0.25, 0.3) is 0 Å². The zero-order valence-electron chi connectivity index (χ0n) is 16.6. The van der Waals surface area contributed by atoms with E-state index in [4.69, 9.17) is 0 Å². The van der Waals surface area contributed by atoms with Crippen molar-refractivity contribution in [2.75, 3.05) is 41.8 Å². The lowest BCUT2D eigenvalue weighted by Crippen LogP contribution is -2.57. The molecule has 0 aliphatic carbocycles. The Kier molecular flexibility index (Phi) is 4.49. The van der Waals surface area contributed by atoms with Crippen molar-refractivity contribution in [3.63, 3.8) is 0 Å². The number of fused-ring (bicyclic) bond motifs is 3. The van der Waals surface area contributed by atoms with Crippen molar-refractivity contribution in [1.82, 2.24) is 14.9 Å². The van der Waals surface area contributed by atoms with Gasteiger partial charge in [0, 0.05) is 32.2 Å². The second-order valence-corrected chi connectivity index (χ2v) is 7.96. The second kappa shape index (κ2) is 7.10. The normalized spacial score (nSPS) is 20.5. The van der Waals surface area contributed by atoms with Crippen LogP contribution in [0.3, 0.4) is 0 Å². The Morgan fingerprint density at radius 3 is 2.61 bits per heavy atom. The lowest BCUT2D eigenvalue weighted by atomic mass is 10.1. The number of nitrogens with zero attached hydrogens (tertiary/aromatic N) is 5. The summed E-state index contributed by atoms with van der Waals surface area (Å²) in [6, 6.07) is 1.04. The number of anilines is 3. The van der Waals surface area contributed by atoms with Gasteiger partial charge in [-0.05, 0) is 25.0 Å². The average molecular weight is 432 g/mol. The van der Waals surface area contributed by atoms with Gasteiger partial charge >= 0.3 is 0 Å².